The molecule has 0 aromatic rings. The van der Waals surface area contributed by atoms with Crippen molar-refractivity contribution in [3.8, 4) is 0 Å². The van der Waals surface area contributed by atoms with Crippen LogP contribution in [0.15, 0.2) is 0 Å². The molecule has 0 aliphatic rings. The van der Waals surface area contributed by atoms with Crippen molar-refractivity contribution in [1.29, 1.82) is 0 Å². The zero-order chi connectivity index (χ0) is 10.9. The quantitative estimate of drug-likeness (QED) is 0.571. The number of hydrogen-bond donors (Lipinski definition) is 1. The second-order valence-electron chi connectivity index (χ2n) is 2.79. The third kappa shape index (κ3) is 4.80. The molecule has 0 aromatic heterocycles. The molecule has 8 heteroatoms. The van der Waals surface area contributed by atoms with Crippen molar-refractivity contribution in [2.75, 3.05) is 6.26 Å². The summed E-state index contributed by atoms with van der Waals surface area (Å²) in [7, 11) is -8.43. The van der Waals surface area contributed by atoms with Gasteiger partial charge in [0, 0.05) is 11.6 Å². The largest absolute Gasteiger partial charge is 0.285 e. The van der Waals surface area contributed by atoms with E-state index in [1.165, 1.54) is 6.92 Å². The van der Waals surface area contributed by atoms with Gasteiger partial charge in [0.05, 0.1) is 0 Å². The molecule has 0 saturated heterocycles. The van der Waals surface area contributed by atoms with Crippen LogP contribution < -0.4 is 0 Å². The number of sulfone groups is 1. The lowest BCUT2D eigenvalue weighted by Gasteiger charge is -2.12. The van der Waals surface area contributed by atoms with Gasteiger partial charge in [0.1, 0.15) is 0 Å². The maximum Gasteiger partial charge on any atom is 0.282 e. The number of alkyl halides is 1. The third-order valence-corrected chi connectivity index (χ3v) is 5.29. The monoisotopic (exact) mass is 250 g/mol. The molecule has 0 spiro atoms. The smallest absolute Gasteiger partial charge is 0.282 e. The van der Waals surface area contributed by atoms with Crippen molar-refractivity contribution in [2.45, 2.75) is 23.3 Å². The lowest BCUT2D eigenvalue weighted by atomic mass is 10.4. The van der Waals surface area contributed by atoms with Crippen LogP contribution in [0.3, 0.4) is 0 Å². The van der Waals surface area contributed by atoms with Crippen LogP contribution in [-0.2, 0) is 20.0 Å². The minimum absolute atomic E-state index is 0.320. The first-order chi connectivity index (χ1) is 5.55. The van der Waals surface area contributed by atoms with E-state index in [0.717, 1.165) is 6.26 Å². The topological polar surface area (TPSA) is 88.5 Å². The van der Waals surface area contributed by atoms with E-state index in [4.69, 9.17) is 16.2 Å². The first kappa shape index (κ1) is 13.2. The number of rotatable bonds is 4. The maximum atomic E-state index is 10.9. The van der Waals surface area contributed by atoms with Gasteiger partial charge < -0.3 is 0 Å². The molecule has 0 aromatic carbocycles. The van der Waals surface area contributed by atoms with E-state index in [-0.39, 0.29) is 6.42 Å². The minimum atomic E-state index is -4.59. The second-order valence-corrected chi connectivity index (χ2v) is 7.66. The van der Waals surface area contributed by atoms with Crippen molar-refractivity contribution in [2.24, 2.45) is 0 Å². The highest BCUT2D eigenvalue weighted by Crippen LogP contribution is 2.16. The Balaban J connectivity index is 5.03. The van der Waals surface area contributed by atoms with Crippen LogP contribution in [0, 0.1) is 0 Å². The zero-order valence-corrected chi connectivity index (χ0v) is 9.53. The van der Waals surface area contributed by atoms with E-state index >= 15 is 0 Å². The van der Waals surface area contributed by atoms with Gasteiger partial charge in [0.2, 0.25) is 0 Å². The molecular formula is C5H11ClO5S2. The average molecular weight is 251 g/mol. The fourth-order valence-corrected chi connectivity index (χ4v) is 4.11. The Morgan fingerprint density at radius 1 is 1.31 bits per heavy atom. The summed E-state index contributed by atoms with van der Waals surface area (Å²) in [5, 5.41) is -0.637. The predicted molar refractivity (Wildman–Crippen MR) is 50.1 cm³/mol. The summed E-state index contributed by atoms with van der Waals surface area (Å²) in [6.07, 6.45) is 0.421. The van der Waals surface area contributed by atoms with Crippen LogP contribution in [0.1, 0.15) is 13.3 Å². The van der Waals surface area contributed by atoms with Crippen LogP contribution >= 0.6 is 11.6 Å². The molecule has 0 radical (unpaired) electrons. The lowest BCUT2D eigenvalue weighted by molar-refractivity contribution is 0.473. The molecule has 5 nitrogen and oxygen atoms in total. The van der Waals surface area contributed by atoms with Crippen molar-refractivity contribution in [3.63, 3.8) is 0 Å². The molecule has 0 saturated carbocycles. The Kier molecular flexibility index (Phi) is 4.17. The first-order valence-electron chi connectivity index (χ1n) is 3.34. The summed E-state index contributed by atoms with van der Waals surface area (Å²) in [5.74, 6) is 0. The normalized spacial score (nSPS) is 18.2. The molecule has 0 bridgehead atoms. The lowest BCUT2D eigenvalue weighted by Crippen LogP contribution is -2.31. The Morgan fingerprint density at radius 2 is 1.69 bits per heavy atom. The fourth-order valence-electron chi connectivity index (χ4n) is 0.782. The van der Waals surface area contributed by atoms with Gasteiger partial charge in [0.15, 0.2) is 14.4 Å². The predicted octanol–water partition coefficient (Wildman–Crippen LogP) is 0.262. The third-order valence-electron chi connectivity index (χ3n) is 1.33. The fraction of sp³-hybridized carbons (Fsp3) is 1.00. The molecule has 0 aliphatic carbocycles. The van der Waals surface area contributed by atoms with Gasteiger partial charge in [-0.3, -0.25) is 4.55 Å². The summed E-state index contributed by atoms with van der Waals surface area (Å²) in [4.78, 5) is 0. The van der Waals surface area contributed by atoms with Gasteiger partial charge in [-0.1, -0.05) is 0 Å². The van der Waals surface area contributed by atoms with Crippen LogP contribution in [0.2, 0.25) is 0 Å². The molecule has 0 rings (SSSR count). The van der Waals surface area contributed by atoms with Crippen LogP contribution in [-0.4, -0.2) is 37.6 Å². The summed E-state index contributed by atoms with van der Waals surface area (Å²) in [6, 6.07) is 0. The van der Waals surface area contributed by atoms with Crippen molar-refractivity contribution in [3.05, 3.63) is 0 Å². The van der Waals surface area contributed by atoms with Crippen molar-refractivity contribution in [1.82, 2.24) is 0 Å². The van der Waals surface area contributed by atoms with E-state index in [2.05, 4.69) is 0 Å². The molecule has 0 heterocycles. The standard InChI is InChI=1S/C5H11ClO5S2/c1-4(6)3-5(12(2,7)8)13(9,10)11/h4-5H,3H2,1-2H3,(H,9,10,11). The van der Waals surface area contributed by atoms with Gasteiger partial charge in [-0.25, -0.2) is 8.42 Å². The van der Waals surface area contributed by atoms with Gasteiger partial charge in [-0.2, -0.15) is 8.42 Å². The molecule has 2 unspecified atom stereocenters. The Hall–Kier alpha value is 0.150. The zero-order valence-electron chi connectivity index (χ0n) is 7.14. The van der Waals surface area contributed by atoms with Crippen LogP contribution in [0.4, 0.5) is 0 Å². The van der Waals surface area contributed by atoms with E-state index < -0.39 is 29.9 Å². The maximum absolute atomic E-state index is 10.9. The summed E-state index contributed by atoms with van der Waals surface area (Å²) in [5.41, 5.74) is 0. The highest BCUT2D eigenvalue weighted by atomic mass is 35.5. The summed E-state index contributed by atoms with van der Waals surface area (Å²) < 4.78 is 49.9. The van der Waals surface area contributed by atoms with Gasteiger partial charge in [-0.05, 0) is 13.3 Å². The van der Waals surface area contributed by atoms with Crippen LogP contribution in [0.5, 0.6) is 0 Å². The first-order valence-corrected chi connectivity index (χ1v) is 7.24. The highest BCUT2D eigenvalue weighted by Gasteiger charge is 2.34. The van der Waals surface area contributed by atoms with E-state index in [9.17, 15) is 16.8 Å². The second kappa shape index (κ2) is 4.12. The van der Waals surface area contributed by atoms with Gasteiger partial charge >= 0.3 is 0 Å². The molecular weight excluding hydrogens is 240 g/mol. The Morgan fingerprint density at radius 3 is 1.77 bits per heavy atom. The highest BCUT2D eigenvalue weighted by molar-refractivity contribution is 8.06. The van der Waals surface area contributed by atoms with Crippen molar-refractivity contribution >= 4 is 31.6 Å². The molecule has 80 valence electrons. The molecule has 2 atom stereocenters. The van der Waals surface area contributed by atoms with Crippen LogP contribution in [0.25, 0.3) is 0 Å². The van der Waals surface area contributed by atoms with Gasteiger partial charge in [0.25, 0.3) is 10.1 Å². The molecule has 0 amide bonds. The van der Waals surface area contributed by atoms with Gasteiger partial charge in [-0.15, -0.1) is 11.6 Å². The molecule has 13 heavy (non-hydrogen) atoms. The SMILES string of the molecule is CC(Cl)CC(S(C)(=O)=O)S(=O)(=O)O. The molecule has 0 aliphatic heterocycles. The number of hydrogen-bond acceptors (Lipinski definition) is 4. The van der Waals surface area contributed by atoms with E-state index in [1.54, 1.807) is 0 Å². The van der Waals surface area contributed by atoms with E-state index in [1.807, 2.05) is 0 Å². The average Bonchev–Trinajstić information content (AvgIpc) is 1.77. The van der Waals surface area contributed by atoms with E-state index in [0.29, 0.717) is 0 Å². The Bertz CT molecular complexity index is 322. The molecule has 1 N–H and O–H groups in total. The summed E-state index contributed by atoms with van der Waals surface area (Å²) >= 11 is 5.44. The van der Waals surface area contributed by atoms with Crippen molar-refractivity contribution < 1.29 is 21.4 Å². The molecule has 0 fully saturated rings. The summed E-state index contributed by atoms with van der Waals surface area (Å²) in [6.45, 7) is 1.45. The minimum Gasteiger partial charge on any atom is -0.285 e. The number of halogens is 1. The Labute approximate surface area is 82.8 Å².